The molecule has 2 aliphatic rings. The summed E-state index contributed by atoms with van der Waals surface area (Å²) in [5.74, 6) is -0.893. The quantitative estimate of drug-likeness (QED) is 0.452. The summed E-state index contributed by atoms with van der Waals surface area (Å²) in [7, 11) is 0. The van der Waals surface area contributed by atoms with Crippen LogP contribution in [0.15, 0.2) is 48.5 Å². The van der Waals surface area contributed by atoms with Crippen LogP contribution >= 0.6 is 0 Å². The third-order valence-electron chi connectivity index (χ3n) is 6.71. The topological polar surface area (TPSA) is 114 Å². The summed E-state index contributed by atoms with van der Waals surface area (Å²) >= 11 is 0. The van der Waals surface area contributed by atoms with E-state index >= 15 is 0 Å². The minimum atomic E-state index is -0.959. The van der Waals surface area contributed by atoms with Gasteiger partial charge in [0.05, 0.1) is 12.5 Å². The predicted molar refractivity (Wildman–Crippen MR) is 130 cm³/mol. The zero-order chi connectivity index (χ0) is 24.8. The maximum atomic E-state index is 12.4. The second-order valence-corrected chi connectivity index (χ2v) is 9.19. The summed E-state index contributed by atoms with van der Waals surface area (Å²) in [6.07, 6.45) is 0.640. The Hall–Kier alpha value is -3.39. The molecule has 0 aromatic heterocycles. The fourth-order valence-corrected chi connectivity index (χ4v) is 5.01. The molecule has 186 valence electrons. The number of fused-ring (bicyclic) bond motifs is 3. The molecular formula is C27H32N2O6. The van der Waals surface area contributed by atoms with Crippen LogP contribution in [0.3, 0.4) is 0 Å². The average molecular weight is 481 g/mol. The fraction of sp³-hybridized carbons (Fsp3) is 0.444. The Morgan fingerprint density at radius 3 is 2.26 bits per heavy atom. The van der Waals surface area contributed by atoms with Crippen LogP contribution in [0, 0.1) is 5.92 Å². The van der Waals surface area contributed by atoms with Crippen LogP contribution in [0.1, 0.15) is 49.7 Å². The Morgan fingerprint density at radius 2 is 1.66 bits per heavy atom. The number of ether oxygens (including phenoxy) is 2. The number of carbonyl (C=O) groups is 3. The molecule has 1 atom stereocenters. The van der Waals surface area contributed by atoms with Crippen LogP contribution in [0.25, 0.3) is 11.1 Å². The summed E-state index contributed by atoms with van der Waals surface area (Å²) in [4.78, 5) is 35.5. The minimum absolute atomic E-state index is 0.00775. The summed E-state index contributed by atoms with van der Waals surface area (Å²) in [5.41, 5.74) is 4.72. The van der Waals surface area contributed by atoms with E-state index in [1.807, 2.05) is 24.3 Å². The molecule has 2 aliphatic carbocycles. The van der Waals surface area contributed by atoms with E-state index < -0.39 is 18.2 Å². The lowest BCUT2D eigenvalue weighted by Gasteiger charge is -2.35. The minimum Gasteiger partial charge on any atom is -0.481 e. The maximum Gasteiger partial charge on any atom is 0.407 e. The molecule has 0 aliphatic heterocycles. The van der Waals surface area contributed by atoms with Crippen LogP contribution < -0.4 is 10.6 Å². The van der Waals surface area contributed by atoms with Crippen molar-refractivity contribution in [2.75, 3.05) is 19.8 Å². The van der Waals surface area contributed by atoms with Gasteiger partial charge in [-0.3, -0.25) is 9.59 Å². The van der Waals surface area contributed by atoms with Gasteiger partial charge >= 0.3 is 12.1 Å². The highest BCUT2D eigenvalue weighted by Gasteiger charge is 2.33. The van der Waals surface area contributed by atoms with Gasteiger partial charge in [-0.05, 0) is 47.9 Å². The van der Waals surface area contributed by atoms with Crippen molar-refractivity contribution in [2.24, 2.45) is 5.92 Å². The predicted octanol–water partition coefficient (Wildman–Crippen LogP) is 3.69. The summed E-state index contributed by atoms with van der Waals surface area (Å²) in [6, 6.07) is 16.4. The largest absolute Gasteiger partial charge is 0.481 e. The van der Waals surface area contributed by atoms with Crippen LogP contribution in [-0.4, -0.2) is 55.0 Å². The van der Waals surface area contributed by atoms with Gasteiger partial charge in [-0.15, -0.1) is 0 Å². The van der Waals surface area contributed by atoms with E-state index in [2.05, 4.69) is 34.9 Å². The summed E-state index contributed by atoms with van der Waals surface area (Å²) in [5, 5.41) is 14.6. The monoisotopic (exact) mass is 480 g/mol. The highest BCUT2D eigenvalue weighted by Crippen LogP contribution is 2.44. The number of hydrogen-bond acceptors (Lipinski definition) is 5. The SMILES string of the molecule is CCOC(CNC(=O)CC1CC(NC(=O)OCC2c3ccccc3-c3ccccc32)C1)CC(=O)O. The van der Waals surface area contributed by atoms with Crippen molar-refractivity contribution < 1.29 is 29.0 Å². The van der Waals surface area contributed by atoms with Gasteiger partial charge in [0.15, 0.2) is 0 Å². The number of alkyl carbamates (subject to hydrolysis) is 1. The second kappa shape index (κ2) is 11.4. The maximum absolute atomic E-state index is 12.4. The molecule has 3 N–H and O–H groups in total. The summed E-state index contributed by atoms with van der Waals surface area (Å²) < 4.78 is 10.9. The normalized spacial score (nSPS) is 19.1. The van der Waals surface area contributed by atoms with Crippen molar-refractivity contribution >= 4 is 18.0 Å². The van der Waals surface area contributed by atoms with Crippen molar-refractivity contribution in [3.05, 3.63) is 59.7 Å². The highest BCUT2D eigenvalue weighted by molar-refractivity contribution is 5.79. The van der Waals surface area contributed by atoms with Crippen molar-refractivity contribution in [1.29, 1.82) is 0 Å². The van der Waals surface area contributed by atoms with E-state index in [-0.39, 0.29) is 43.4 Å². The van der Waals surface area contributed by atoms with E-state index in [9.17, 15) is 14.4 Å². The van der Waals surface area contributed by atoms with Crippen LogP contribution in [0.4, 0.5) is 4.79 Å². The molecule has 0 spiro atoms. The van der Waals surface area contributed by atoms with E-state index in [1.54, 1.807) is 6.92 Å². The Kier molecular flexibility index (Phi) is 8.02. The van der Waals surface area contributed by atoms with Crippen LogP contribution in [0.5, 0.6) is 0 Å². The van der Waals surface area contributed by atoms with Gasteiger partial charge in [0.25, 0.3) is 0 Å². The van der Waals surface area contributed by atoms with Gasteiger partial charge < -0.3 is 25.2 Å². The van der Waals surface area contributed by atoms with E-state index in [1.165, 1.54) is 22.3 Å². The van der Waals surface area contributed by atoms with Gasteiger partial charge in [0.2, 0.25) is 5.91 Å². The molecule has 4 rings (SSSR count). The first-order chi connectivity index (χ1) is 16.9. The van der Waals surface area contributed by atoms with Crippen LogP contribution in [0.2, 0.25) is 0 Å². The lowest BCUT2D eigenvalue weighted by molar-refractivity contribution is -0.140. The number of aliphatic carboxylic acids is 1. The van der Waals surface area contributed by atoms with Crippen LogP contribution in [-0.2, 0) is 19.1 Å². The Balaban J connectivity index is 1.17. The van der Waals surface area contributed by atoms with E-state index in [0.717, 1.165) is 0 Å². The lowest BCUT2D eigenvalue weighted by Crippen LogP contribution is -2.46. The van der Waals surface area contributed by atoms with Gasteiger partial charge in [-0.1, -0.05) is 48.5 Å². The number of amides is 2. The van der Waals surface area contributed by atoms with Crippen molar-refractivity contribution in [3.63, 3.8) is 0 Å². The van der Waals surface area contributed by atoms with Gasteiger partial charge in [-0.2, -0.15) is 0 Å². The Bertz CT molecular complexity index is 1020. The molecule has 0 bridgehead atoms. The van der Waals surface area contributed by atoms with Gasteiger partial charge in [0, 0.05) is 31.5 Å². The van der Waals surface area contributed by atoms with E-state index in [0.29, 0.717) is 25.9 Å². The van der Waals surface area contributed by atoms with Crippen molar-refractivity contribution in [3.8, 4) is 11.1 Å². The first kappa shape index (κ1) is 24.7. The lowest BCUT2D eigenvalue weighted by atomic mass is 9.78. The second-order valence-electron chi connectivity index (χ2n) is 9.19. The highest BCUT2D eigenvalue weighted by atomic mass is 16.5. The number of carboxylic acid groups (broad SMARTS) is 1. The molecule has 0 radical (unpaired) electrons. The molecule has 1 saturated carbocycles. The smallest absolute Gasteiger partial charge is 0.407 e. The first-order valence-corrected chi connectivity index (χ1v) is 12.2. The number of rotatable bonds is 11. The standard InChI is InChI=1S/C27H32N2O6/c1-2-34-19(14-26(31)32)15-28-25(30)13-17-11-18(12-17)29-27(33)35-16-24-22-9-5-3-7-20(22)21-8-4-6-10-23(21)24/h3-10,17-19,24H,2,11-16H2,1H3,(H,28,30)(H,29,33)(H,31,32). The first-order valence-electron chi connectivity index (χ1n) is 12.2. The molecule has 2 amide bonds. The third kappa shape index (κ3) is 6.19. The van der Waals surface area contributed by atoms with Crippen molar-refractivity contribution in [2.45, 2.75) is 50.7 Å². The molecule has 8 heteroatoms. The molecule has 2 aromatic rings. The number of carbonyl (C=O) groups excluding carboxylic acids is 2. The molecule has 0 heterocycles. The molecule has 8 nitrogen and oxygen atoms in total. The average Bonchev–Trinajstić information content (AvgIpc) is 3.13. The Labute approximate surface area is 205 Å². The van der Waals surface area contributed by atoms with E-state index in [4.69, 9.17) is 14.6 Å². The molecule has 2 aromatic carbocycles. The number of carboxylic acids is 1. The fourth-order valence-electron chi connectivity index (χ4n) is 5.01. The molecule has 1 unspecified atom stereocenters. The zero-order valence-corrected chi connectivity index (χ0v) is 19.9. The molecule has 35 heavy (non-hydrogen) atoms. The number of nitrogens with one attached hydrogen (secondary N) is 2. The van der Waals surface area contributed by atoms with Gasteiger partial charge in [0.1, 0.15) is 6.61 Å². The molecular weight excluding hydrogens is 448 g/mol. The zero-order valence-electron chi connectivity index (χ0n) is 19.9. The molecule has 1 fully saturated rings. The third-order valence-corrected chi connectivity index (χ3v) is 6.71. The summed E-state index contributed by atoms with van der Waals surface area (Å²) in [6.45, 7) is 2.62. The Morgan fingerprint density at radius 1 is 1.03 bits per heavy atom. The number of benzene rings is 2. The molecule has 0 saturated heterocycles. The number of hydrogen-bond donors (Lipinski definition) is 3. The van der Waals surface area contributed by atoms with Crippen molar-refractivity contribution in [1.82, 2.24) is 10.6 Å². The van der Waals surface area contributed by atoms with Gasteiger partial charge in [-0.25, -0.2) is 4.79 Å².